The number of rotatable bonds is 6. The number of aromatic carboxylic acids is 1. The lowest BCUT2D eigenvalue weighted by molar-refractivity contribution is -0.122. The number of thioether (sulfide) groups is 1. The summed E-state index contributed by atoms with van der Waals surface area (Å²) in [6.45, 7) is 1.45. The molecule has 1 aromatic heterocycles. The Morgan fingerprint density at radius 2 is 1.78 bits per heavy atom. The van der Waals surface area contributed by atoms with Gasteiger partial charge >= 0.3 is 5.97 Å². The summed E-state index contributed by atoms with van der Waals surface area (Å²) in [4.78, 5) is 49.6. The van der Waals surface area contributed by atoms with Crippen LogP contribution in [-0.4, -0.2) is 39.5 Å². The van der Waals surface area contributed by atoms with E-state index in [2.05, 4.69) is 0 Å². The average molecular weight is 447 g/mol. The summed E-state index contributed by atoms with van der Waals surface area (Å²) >= 11 is 0.748. The van der Waals surface area contributed by atoms with Crippen LogP contribution >= 0.6 is 11.8 Å². The van der Waals surface area contributed by atoms with E-state index >= 15 is 0 Å². The fraction of sp³-hybridized carbons (Fsp3) is 0.0833. The Morgan fingerprint density at radius 1 is 1.03 bits per heavy atom. The van der Waals surface area contributed by atoms with Gasteiger partial charge in [0.15, 0.2) is 5.78 Å². The molecule has 1 aliphatic heterocycles. The number of carboxylic acid groups (broad SMARTS) is 1. The van der Waals surface area contributed by atoms with Gasteiger partial charge in [0.05, 0.1) is 17.0 Å². The van der Waals surface area contributed by atoms with Gasteiger partial charge in [0.2, 0.25) is 0 Å². The molecule has 7 nitrogen and oxygen atoms in total. The Balaban J connectivity index is 1.52. The Labute approximate surface area is 187 Å². The van der Waals surface area contributed by atoms with Crippen molar-refractivity contribution in [3.8, 4) is 11.3 Å². The molecule has 2 heterocycles. The number of carboxylic acids is 1. The summed E-state index contributed by atoms with van der Waals surface area (Å²) in [5.74, 6) is -1.02. The van der Waals surface area contributed by atoms with Crippen molar-refractivity contribution in [1.29, 1.82) is 0 Å². The molecule has 32 heavy (non-hydrogen) atoms. The van der Waals surface area contributed by atoms with Gasteiger partial charge in [0, 0.05) is 17.2 Å². The smallest absolute Gasteiger partial charge is 0.335 e. The van der Waals surface area contributed by atoms with Crippen molar-refractivity contribution in [3.05, 3.63) is 88.0 Å². The van der Waals surface area contributed by atoms with E-state index in [1.807, 2.05) is 0 Å². The topological polar surface area (TPSA) is 105 Å². The number of aryl methyl sites for hydroxylation is 1. The lowest BCUT2D eigenvalue weighted by Crippen LogP contribution is -2.33. The minimum absolute atomic E-state index is 0.162. The molecule has 8 heteroatoms. The summed E-state index contributed by atoms with van der Waals surface area (Å²) in [5, 5.41) is 8.59. The van der Waals surface area contributed by atoms with Gasteiger partial charge in [-0.2, -0.15) is 0 Å². The predicted octanol–water partition coefficient (Wildman–Crippen LogP) is 4.87. The minimum Gasteiger partial charge on any atom is -0.478 e. The number of nitrogens with zero attached hydrogens (tertiary/aromatic N) is 1. The van der Waals surface area contributed by atoms with Crippen molar-refractivity contribution in [1.82, 2.24) is 4.90 Å². The van der Waals surface area contributed by atoms with Crippen LogP contribution in [0.4, 0.5) is 4.79 Å². The van der Waals surface area contributed by atoms with Crippen molar-refractivity contribution < 1.29 is 28.7 Å². The van der Waals surface area contributed by atoms with Crippen LogP contribution in [0.25, 0.3) is 17.4 Å². The molecule has 1 saturated heterocycles. The highest BCUT2D eigenvalue weighted by Crippen LogP contribution is 2.34. The van der Waals surface area contributed by atoms with Crippen LogP contribution in [0.1, 0.15) is 32.0 Å². The number of ketones is 1. The zero-order valence-corrected chi connectivity index (χ0v) is 17.7. The van der Waals surface area contributed by atoms with Gasteiger partial charge in [0.1, 0.15) is 11.5 Å². The summed E-state index contributed by atoms with van der Waals surface area (Å²) in [5.41, 5.74) is 2.05. The lowest BCUT2D eigenvalue weighted by Gasteiger charge is -2.11. The van der Waals surface area contributed by atoms with Gasteiger partial charge in [-0.05, 0) is 48.5 Å². The molecule has 1 fully saturated rings. The zero-order valence-electron chi connectivity index (χ0n) is 16.9. The second-order valence-corrected chi connectivity index (χ2v) is 8.09. The molecule has 1 N–H and O–H groups in total. The molecular weight excluding hydrogens is 430 g/mol. The summed E-state index contributed by atoms with van der Waals surface area (Å²) in [7, 11) is 0. The van der Waals surface area contributed by atoms with E-state index < -0.39 is 17.1 Å². The number of benzene rings is 2. The van der Waals surface area contributed by atoms with Crippen LogP contribution in [0.5, 0.6) is 0 Å². The van der Waals surface area contributed by atoms with Gasteiger partial charge in [-0.1, -0.05) is 36.4 Å². The van der Waals surface area contributed by atoms with E-state index in [4.69, 9.17) is 9.52 Å². The summed E-state index contributed by atoms with van der Waals surface area (Å²) in [6, 6.07) is 16.5. The molecule has 0 atom stereocenters. The predicted molar refractivity (Wildman–Crippen MR) is 119 cm³/mol. The quantitative estimate of drug-likeness (QED) is 0.424. The van der Waals surface area contributed by atoms with Gasteiger partial charge in [-0.25, -0.2) is 4.79 Å². The lowest BCUT2D eigenvalue weighted by atomic mass is 10.0. The number of furan rings is 1. The molecular formula is C24H17NO6S. The van der Waals surface area contributed by atoms with Gasteiger partial charge in [0.25, 0.3) is 11.1 Å². The third kappa shape index (κ3) is 4.26. The molecule has 0 radical (unpaired) electrons. The Hall–Kier alpha value is -3.91. The number of amides is 2. The van der Waals surface area contributed by atoms with E-state index in [9.17, 15) is 19.2 Å². The van der Waals surface area contributed by atoms with E-state index in [-0.39, 0.29) is 22.8 Å². The molecule has 0 aliphatic carbocycles. The first kappa shape index (κ1) is 21.3. The summed E-state index contributed by atoms with van der Waals surface area (Å²) < 4.78 is 5.80. The van der Waals surface area contributed by atoms with Crippen LogP contribution in [0.3, 0.4) is 0 Å². The Bertz CT molecular complexity index is 1270. The van der Waals surface area contributed by atoms with Gasteiger partial charge in [-0.15, -0.1) is 0 Å². The molecule has 4 rings (SSSR count). The zero-order chi connectivity index (χ0) is 22.8. The highest BCUT2D eigenvalue weighted by Gasteiger charge is 2.36. The number of Topliss-reactive ketones (excluding diaryl/α,β-unsaturated/α-hetero) is 1. The molecule has 2 amide bonds. The van der Waals surface area contributed by atoms with E-state index in [0.29, 0.717) is 17.1 Å². The third-order valence-corrected chi connectivity index (χ3v) is 5.82. The largest absolute Gasteiger partial charge is 0.478 e. The van der Waals surface area contributed by atoms with Crippen molar-refractivity contribution in [3.63, 3.8) is 0 Å². The Morgan fingerprint density at radius 3 is 2.47 bits per heavy atom. The number of hydrogen-bond acceptors (Lipinski definition) is 6. The maximum Gasteiger partial charge on any atom is 0.335 e. The number of hydrogen-bond donors (Lipinski definition) is 1. The standard InChI is InChI=1S/C24H17NO6S/c1-14-11-16(23(28)29)7-9-18(14)20-10-8-17(31-20)12-21-22(27)25(24(30)32-21)13-19(26)15-5-3-2-4-6-15/h2-12H,13H2,1H3,(H,28,29)/b21-12-. The van der Waals surface area contributed by atoms with Crippen LogP contribution in [0, 0.1) is 6.92 Å². The molecule has 3 aromatic rings. The van der Waals surface area contributed by atoms with Crippen molar-refractivity contribution in [2.24, 2.45) is 0 Å². The van der Waals surface area contributed by atoms with Crippen molar-refractivity contribution in [2.45, 2.75) is 6.92 Å². The van der Waals surface area contributed by atoms with Crippen LogP contribution in [0.2, 0.25) is 0 Å². The highest BCUT2D eigenvalue weighted by molar-refractivity contribution is 8.18. The normalized spacial score (nSPS) is 14.9. The van der Waals surface area contributed by atoms with Gasteiger partial charge in [-0.3, -0.25) is 19.3 Å². The number of imide groups is 1. The fourth-order valence-electron chi connectivity index (χ4n) is 3.27. The first-order chi connectivity index (χ1) is 15.3. The molecule has 2 aromatic carbocycles. The van der Waals surface area contributed by atoms with Crippen molar-refractivity contribution in [2.75, 3.05) is 6.54 Å². The second kappa shape index (κ2) is 8.68. The monoisotopic (exact) mass is 447 g/mol. The maximum absolute atomic E-state index is 12.7. The van der Waals surface area contributed by atoms with Crippen LogP contribution < -0.4 is 0 Å². The van der Waals surface area contributed by atoms with Crippen LogP contribution in [0.15, 0.2) is 70.0 Å². The third-order valence-electron chi connectivity index (χ3n) is 4.91. The van der Waals surface area contributed by atoms with E-state index in [0.717, 1.165) is 27.8 Å². The molecule has 0 spiro atoms. The first-order valence-corrected chi connectivity index (χ1v) is 10.4. The summed E-state index contributed by atoms with van der Waals surface area (Å²) in [6.07, 6.45) is 1.46. The average Bonchev–Trinajstić information content (AvgIpc) is 3.34. The van der Waals surface area contributed by atoms with Crippen molar-refractivity contribution >= 4 is 40.7 Å². The molecule has 0 bridgehead atoms. The van der Waals surface area contributed by atoms with Gasteiger partial charge < -0.3 is 9.52 Å². The minimum atomic E-state index is -1.01. The van der Waals surface area contributed by atoms with Crippen LogP contribution in [-0.2, 0) is 4.79 Å². The highest BCUT2D eigenvalue weighted by atomic mass is 32.2. The fourth-order valence-corrected chi connectivity index (χ4v) is 4.09. The van der Waals surface area contributed by atoms with E-state index in [1.165, 1.54) is 12.1 Å². The molecule has 160 valence electrons. The van der Waals surface area contributed by atoms with E-state index in [1.54, 1.807) is 61.5 Å². The number of carbonyl (C=O) groups excluding carboxylic acids is 3. The molecule has 1 aliphatic rings. The molecule has 0 unspecified atom stereocenters. The molecule has 0 saturated carbocycles. The number of carbonyl (C=O) groups is 4. The Kier molecular flexibility index (Phi) is 5.79. The SMILES string of the molecule is Cc1cc(C(=O)O)ccc1-c1ccc(/C=C2\SC(=O)N(CC(=O)c3ccccc3)C2=O)o1. The first-order valence-electron chi connectivity index (χ1n) is 9.61. The second-order valence-electron chi connectivity index (χ2n) is 7.09. The maximum atomic E-state index is 12.7.